The van der Waals surface area contributed by atoms with Gasteiger partial charge in [0, 0.05) is 19.0 Å². The van der Waals surface area contributed by atoms with Crippen molar-refractivity contribution in [1.82, 2.24) is 15.0 Å². The van der Waals surface area contributed by atoms with Crippen molar-refractivity contribution in [3.05, 3.63) is 24.2 Å². The minimum Gasteiger partial charge on any atom is -0.409 e. The zero-order valence-corrected chi connectivity index (χ0v) is 8.01. The van der Waals surface area contributed by atoms with Crippen LogP contribution < -0.4 is 5.73 Å². The minimum absolute atomic E-state index is 0.198. The molecule has 2 heterocycles. The molecule has 2 aromatic heterocycles. The standard InChI is InChI=1S/C9H11N5O/c10-7(14-15)3-4-8-12-6-2-1-5-11-9(6)13-8/h1-2,5,15H,3-4H2,(H2,10,14)(H,11,12,13). The van der Waals surface area contributed by atoms with E-state index >= 15 is 0 Å². The first-order valence-corrected chi connectivity index (χ1v) is 4.55. The number of hydrogen-bond donors (Lipinski definition) is 3. The van der Waals surface area contributed by atoms with Crippen molar-refractivity contribution in [2.75, 3.05) is 0 Å². The zero-order valence-electron chi connectivity index (χ0n) is 8.01. The highest BCUT2D eigenvalue weighted by molar-refractivity contribution is 5.79. The normalized spacial score (nSPS) is 12.1. The third-order valence-corrected chi connectivity index (χ3v) is 2.05. The second-order valence-corrected chi connectivity index (χ2v) is 3.15. The van der Waals surface area contributed by atoms with E-state index in [4.69, 9.17) is 10.9 Å². The van der Waals surface area contributed by atoms with E-state index < -0.39 is 0 Å². The smallest absolute Gasteiger partial charge is 0.177 e. The SMILES string of the molecule is N/C(CCc1nc2ncccc2[nH]1)=N/O. The molecule has 0 aliphatic carbocycles. The van der Waals surface area contributed by atoms with Gasteiger partial charge < -0.3 is 15.9 Å². The third-order valence-electron chi connectivity index (χ3n) is 2.05. The molecule has 78 valence electrons. The van der Waals surface area contributed by atoms with E-state index in [0.29, 0.717) is 18.5 Å². The minimum atomic E-state index is 0.198. The number of oxime groups is 1. The average molecular weight is 205 g/mol. The summed E-state index contributed by atoms with van der Waals surface area (Å²) in [5.41, 5.74) is 6.94. The van der Waals surface area contributed by atoms with E-state index in [1.165, 1.54) is 0 Å². The molecule has 0 fully saturated rings. The quantitative estimate of drug-likeness (QED) is 0.296. The van der Waals surface area contributed by atoms with Crippen LogP contribution in [-0.4, -0.2) is 26.0 Å². The number of aromatic amines is 1. The van der Waals surface area contributed by atoms with Crippen LogP contribution in [-0.2, 0) is 6.42 Å². The Labute approximate surface area is 85.8 Å². The molecule has 0 unspecified atom stereocenters. The van der Waals surface area contributed by atoms with Crippen LogP contribution in [0.1, 0.15) is 12.2 Å². The highest BCUT2D eigenvalue weighted by Gasteiger charge is 2.03. The van der Waals surface area contributed by atoms with E-state index in [9.17, 15) is 0 Å². The summed E-state index contributed by atoms with van der Waals surface area (Å²) in [7, 11) is 0. The van der Waals surface area contributed by atoms with E-state index in [2.05, 4.69) is 20.1 Å². The van der Waals surface area contributed by atoms with E-state index in [1.54, 1.807) is 6.20 Å². The molecule has 2 aromatic rings. The fourth-order valence-corrected chi connectivity index (χ4v) is 1.31. The lowest BCUT2D eigenvalue weighted by Crippen LogP contribution is -2.12. The first-order valence-electron chi connectivity index (χ1n) is 4.55. The molecule has 0 amide bonds. The fourth-order valence-electron chi connectivity index (χ4n) is 1.31. The molecule has 0 bridgehead atoms. The molecule has 0 spiro atoms. The highest BCUT2D eigenvalue weighted by Crippen LogP contribution is 2.08. The van der Waals surface area contributed by atoms with E-state index in [-0.39, 0.29) is 5.84 Å². The van der Waals surface area contributed by atoms with Crippen molar-refractivity contribution in [1.29, 1.82) is 0 Å². The molecule has 6 nitrogen and oxygen atoms in total. The van der Waals surface area contributed by atoms with Crippen molar-refractivity contribution in [3.8, 4) is 0 Å². The van der Waals surface area contributed by atoms with Crippen molar-refractivity contribution in [2.45, 2.75) is 12.8 Å². The number of hydrogen-bond acceptors (Lipinski definition) is 4. The monoisotopic (exact) mass is 205 g/mol. The van der Waals surface area contributed by atoms with Gasteiger partial charge in [-0.05, 0) is 12.1 Å². The Balaban J connectivity index is 2.15. The Morgan fingerprint density at radius 1 is 1.60 bits per heavy atom. The predicted molar refractivity (Wildman–Crippen MR) is 55.6 cm³/mol. The number of H-pyrrole nitrogens is 1. The molecule has 0 saturated heterocycles. The van der Waals surface area contributed by atoms with Gasteiger partial charge in [-0.2, -0.15) is 0 Å². The number of amidine groups is 1. The highest BCUT2D eigenvalue weighted by atomic mass is 16.4. The summed E-state index contributed by atoms with van der Waals surface area (Å²) in [6.45, 7) is 0. The molecular formula is C9H11N5O. The van der Waals surface area contributed by atoms with Crippen LogP contribution in [0.3, 0.4) is 0 Å². The molecule has 0 aliphatic heterocycles. The molecular weight excluding hydrogens is 194 g/mol. The summed E-state index contributed by atoms with van der Waals surface area (Å²) < 4.78 is 0. The number of pyridine rings is 1. The van der Waals surface area contributed by atoms with E-state index in [1.807, 2.05) is 12.1 Å². The number of nitrogens with zero attached hydrogens (tertiary/aromatic N) is 3. The van der Waals surface area contributed by atoms with Crippen molar-refractivity contribution in [3.63, 3.8) is 0 Å². The second kappa shape index (κ2) is 3.95. The van der Waals surface area contributed by atoms with Crippen molar-refractivity contribution in [2.24, 2.45) is 10.9 Å². The molecule has 2 rings (SSSR count). The van der Waals surface area contributed by atoms with Gasteiger partial charge in [-0.3, -0.25) is 0 Å². The van der Waals surface area contributed by atoms with Crippen LogP contribution in [0.15, 0.2) is 23.5 Å². The molecule has 0 aromatic carbocycles. The zero-order chi connectivity index (χ0) is 10.7. The number of fused-ring (bicyclic) bond motifs is 1. The van der Waals surface area contributed by atoms with Gasteiger partial charge in [-0.25, -0.2) is 9.97 Å². The molecule has 0 saturated carbocycles. The van der Waals surface area contributed by atoms with Crippen LogP contribution in [0.4, 0.5) is 0 Å². The summed E-state index contributed by atoms with van der Waals surface area (Å²) in [6.07, 6.45) is 2.76. The van der Waals surface area contributed by atoms with Gasteiger partial charge in [0.25, 0.3) is 0 Å². The molecule has 4 N–H and O–H groups in total. The van der Waals surface area contributed by atoms with Gasteiger partial charge in [-0.15, -0.1) is 0 Å². The van der Waals surface area contributed by atoms with Crippen molar-refractivity contribution < 1.29 is 5.21 Å². The van der Waals surface area contributed by atoms with Crippen LogP contribution in [0.5, 0.6) is 0 Å². The number of nitrogens with one attached hydrogen (secondary N) is 1. The second-order valence-electron chi connectivity index (χ2n) is 3.15. The number of imidazole rings is 1. The maximum Gasteiger partial charge on any atom is 0.177 e. The number of rotatable bonds is 3. The van der Waals surface area contributed by atoms with Gasteiger partial charge in [0.2, 0.25) is 0 Å². The summed E-state index contributed by atoms with van der Waals surface area (Å²) in [6, 6.07) is 3.75. The van der Waals surface area contributed by atoms with Gasteiger partial charge in [0.05, 0.1) is 5.52 Å². The molecule has 0 atom stereocenters. The number of nitrogens with two attached hydrogens (primary N) is 1. The molecule has 0 aliphatic rings. The third kappa shape index (κ3) is 2.04. The first kappa shape index (κ1) is 9.45. The molecule has 0 radical (unpaired) electrons. The van der Waals surface area contributed by atoms with Crippen LogP contribution >= 0.6 is 0 Å². The lowest BCUT2D eigenvalue weighted by Gasteiger charge is -1.94. The van der Waals surface area contributed by atoms with Crippen LogP contribution in [0.2, 0.25) is 0 Å². The topological polar surface area (TPSA) is 100 Å². The summed E-state index contributed by atoms with van der Waals surface area (Å²) in [5.74, 6) is 0.985. The summed E-state index contributed by atoms with van der Waals surface area (Å²) in [4.78, 5) is 11.5. The van der Waals surface area contributed by atoms with Gasteiger partial charge >= 0.3 is 0 Å². The lowest BCUT2D eigenvalue weighted by atomic mass is 10.3. The maximum atomic E-state index is 8.37. The first-order chi connectivity index (χ1) is 7.29. The van der Waals surface area contributed by atoms with Crippen molar-refractivity contribution >= 4 is 17.0 Å². The lowest BCUT2D eigenvalue weighted by molar-refractivity contribution is 0.317. The van der Waals surface area contributed by atoms with Crippen LogP contribution in [0.25, 0.3) is 11.2 Å². The largest absolute Gasteiger partial charge is 0.409 e. The Morgan fingerprint density at radius 3 is 3.20 bits per heavy atom. The average Bonchev–Trinajstić information content (AvgIpc) is 2.68. The maximum absolute atomic E-state index is 8.37. The summed E-state index contributed by atoms with van der Waals surface area (Å²) in [5, 5.41) is 11.3. The fraction of sp³-hybridized carbons (Fsp3) is 0.222. The Hall–Kier alpha value is -2.11. The Morgan fingerprint density at radius 2 is 2.47 bits per heavy atom. The van der Waals surface area contributed by atoms with Crippen LogP contribution in [0, 0.1) is 0 Å². The number of aromatic nitrogens is 3. The number of aryl methyl sites for hydroxylation is 1. The Bertz CT molecular complexity index is 457. The molecule has 15 heavy (non-hydrogen) atoms. The van der Waals surface area contributed by atoms with Gasteiger partial charge in [0.15, 0.2) is 5.65 Å². The molecule has 6 heteroatoms. The Kier molecular flexibility index (Phi) is 2.49. The van der Waals surface area contributed by atoms with Gasteiger partial charge in [0.1, 0.15) is 11.7 Å². The van der Waals surface area contributed by atoms with E-state index in [0.717, 1.165) is 11.3 Å². The van der Waals surface area contributed by atoms with Gasteiger partial charge in [-0.1, -0.05) is 5.16 Å². The summed E-state index contributed by atoms with van der Waals surface area (Å²) >= 11 is 0. The predicted octanol–water partition coefficient (Wildman–Crippen LogP) is 0.637.